The second-order valence-corrected chi connectivity index (χ2v) is 6.39. The first-order valence-corrected chi connectivity index (χ1v) is 7.14. The standard InChI is InChI=1S/C9H19N3O2S/c10-5-9-6-11-3-4-12(9)15(13,14)7-8-1-2-8/h8-9,11H,1-7,10H2. The average molecular weight is 233 g/mol. The maximum Gasteiger partial charge on any atom is 0.214 e. The van der Waals surface area contributed by atoms with Crippen molar-refractivity contribution in [2.45, 2.75) is 18.9 Å². The molecule has 3 N–H and O–H groups in total. The third kappa shape index (κ3) is 2.69. The van der Waals surface area contributed by atoms with Gasteiger partial charge < -0.3 is 11.1 Å². The Labute approximate surface area is 91.1 Å². The van der Waals surface area contributed by atoms with Gasteiger partial charge in [-0.3, -0.25) is 0 Å². The van der Waals surface area contributed by atoms with Crippen LogP contribution in [0.1, 0.15) is 12.8 Å². The van der Waals surface area contributed by atoms with Crippen molar-refractivity contribution in [3.05, 3.63) is 0 Å². The molecule has 1 unspecified atom stereocenters. The predicted octanol–water partition coefficient (Wildman–Crippen LogP) is -1.04. The van der Waals surface area contributed by atoms with Crippen LogP contribution in [-0.2, 0) is 10.0 Å². The van der Waals surface area contributed by atoms with Crippen molar-refractivity contribution in [3.63, 3.8) is 0 Å². The highest BCUT2D eigenvalue weighted by atomic mass is 32.2. The quantitative estimate of drug-likeness (QED) is 0.650. The van der Waals surface area contributed by atoms with Gasteiger partial charge in [0.1, 0.15) is 0 Å². The summed E-state index contributed by atoms with van der Waals surface area (Å²) in [7, 11) is -3.07. The Kier molecular flexibility index (Phi) is 3.30. The summed E-state index contributed by atoms with van der Waals surface area (Å²) in [4.78, 5) is 0. The van der Waals surface area contributed by atoms with Crippen LogP contribution in [0.3, 0.4) is 0 Å². The molecule has 1 saturated heterocycles. The minimum atomic E-state index is -3.07. The van der Waals surface area contributed by atoms with Crippen molar-refractivity contribution in [2.75, 3.05) is 31.9 Å². The molecule has 6 heteroatoms. The molecule has 15 heavy (non-hydrogen) atoms. The highest BCUT2D eigenvalue weighted by Gasteiger charge is 2.36. The monoisotopic (exact) mass is 233 g/mol. The van der Waals surface area contributed by atoms with E-state index >= 15 is 0 Å². The van der Waals surface area contributed by atoms with Crippen LogP contribution in [0, 0.1) is 5.92 Å². The van der Waals surface area contributed by atoms with E-state index in [9.17, 15) is 8.42 Å². The molecule has 2 rings (SSSR count). The third-order valence-electron chi connectivity index (χ3n) is 3.07. The normalized spacial score (nSPS) is 29.3. The Morgan fingerprint density at radius 1 is 1.40 bits per heavy atom. The Morgan fingerprint density at radius 2 is 2.13 bits per heavy atom. The molecular weight excluding hydrogens is 214 g/mol. The molecule has 0 aromatic carbocycles. The van der Waals surface area contributed by atoms with E-state index in [0.29, 0.717) is 31.3 Å². The van der Waals surface area contributed by atoms with Crippen LogP contribution < -0.4 is 11.1 Å². The average Bonchev–Trinajstić information content (AvgIpc) is 3.01. The van der Waals surface area contributed by atoms with Gasteiger partial charge in [-0.1, -0.05) is 0 Å². The molecule has 0 bridgehead atoms. The molecule has 2 fully saturated rings. The third-order valence-corrected chi connectivity index (χ3v) is 5.16. The van der Waals surface area contributed by atoms with Gasteiger partial charge in [-0.2, -0.15) is 4.31 Å². The molecule has 0 spiro atoms. The molecule has 0 aromatic heterocycles. The number of nitrogens with two attached hydrogens (primary N) is 1. The number of piperazine rings is 1. The topological polar surface area (TPSA) is 75.4 Å². The van der Waals surface area contributed by atoms with E-state index in [1.54, 1.807) is 4.31 Å². The largest absolute Gasteiger partial charge is 0.329 e. The fourth-order valence-electron chi connectivity index (χ4n) is 1.99. The SMILES string of the molecule is NCC1CNCCN1S(=O)(=O)CC1CC1. The second kappa shape index (κ2) is 4.37. The number of nitrogens with zero attached hydrogens (tertiary/aromatic N) is 1. The van der Waals surface area contributed by atoms with Gasteiger partial charge in [0, 0.05) is 32.2 Å². The Morgan fingerprint density at radius 3 is 2.73 bits per heavy atom. The molecule has 5 nitrogen and oxygen atoms in total. The van der Waals surface area contributed by atoms with E-state index in [2.05, 4.69) is 5.32 Å². The van der Waals surface area contributed by atoms with Crippen molar-refractivity contribution < 1.29 is 8.42 Å². The molecule has 0 radical (unpaired) electrons. The number of sulfonamides is 1. The lowest BCUT2D eigenvalue weighted by atomic mass is 10.2. The summed E-state index contributed by atoms with van der Waals surface area (Å²) in [6.07, 6.45) is 2.14. The summed E-state index contributed by atoms with van der Waals surface area (Å²) in [6, 6.07) is -0.0532. The molecule has 1 saturated carbocycles. The van der Waals surface area contributed by atoms with Crippen LogP contribution in [0.4, 0.5) is 0 Å². The van der Waals surface area contributed by atoms with Gasteiger partial charge in [0.2, 0.25) is 10.0 Å². The zero-order chi connectivity index (χ0) is 10.9. The first-order chi connectivity index (χ1) is 7.13. The maximum atomic E-state index is 12.0. The summed E-state index contributed by atoms with van der Waals surface area (Å²) in [5, 5.41) is 3.17. The molecule has 1 atom stereocenters. The van der Waals surface area contributed by atoms with Gasteiger partial charge in [0.15, 0.2) is 0 Å². The van der Waals surface area contributed by atoms with Crippen LogP contribution in [0.15, 0.2) is 0 Å². The van der Waals surface area contributed by atoms with Gasteiger partial charge >= 0.3 is 0 Å². The van der Waals surface area contributed by atoms with E-state index in [4.69, 9.17) is 5.73 Å². The lowest BCUT2D eigenvalue weighted by Gasteiger charge is -2.34. The maximum absolute atomic E-state index is 12.0. The predicted molar refractivity (Wildman–Crippen MR) is 58.9 cm³/mol. The molecular formula is C9H19N3O2S. The first kappa shape index (κ1) is 11.3. The van der Waals surface area contributed by atoms with E-state index < -0.39 is 10.0 Å². The van der Waals surface area contributed by atoms with Crippen molar-refractivity contribution in [2.24, 2.45) is 11.7 Å². The summed E-state index contributed by atoms with van der Waals surface area (Å²) in [5.74, 6) is 0.729. The van der Waals surface area contributed by atoms with Gasteiger partial charge in [0.25, 0.3) is 0 Å². The van der Waals surface area contributed by atoms with Crippen molar-refractivity contribution in [1.29, 1.82) is 0 Å². The van der Waals surface area contributed by atoms with Gasteiger partial charge in [-0.05, 0) is 18.8 Å². The molecule has 1 heterocycles. The van der Waals surface area contributed by atoms with Gasteiger partial charge in [-0.25, -0.2) is 8.42 Å². The minimum absolute atomic E-state index is 0.0532. The number of nitrogens with one attached hydrogen (secondary N) is 1. The molecule has 88 valence electrons. The first-order valence-electron chi connectivity index (χ1n) is 5.54. The minimum Gasteiger partial charge on any atom is -0.329 e. The Balaban J connectivity index is 2.04. The van der Waals surface area contributed by atoms with Crippen LogP contribution in [0.5, 0.6) is 0 Å². The second-order valence-electron chi connectivity index (χ2n) is 4.43. The summed E-state index contributed by atoms with van der Waals surface area (Å²) >= 11 is 0. The summed E-state index contributed by atoms with van der Waals surface area (Å²) in [5.41, 5.74) is 5.59. The molecule has 2 aliphatic rings. The van der Waals surface area contributed by atoms with Crippen LogP contribution >= 0.6 is 0 Å². The summed E-state index contributed by atoms with van der Waals surface area (Å²) < 4.78 is 25.7. The van der Waals surface area contributed by atoms with E-state index in [0.717, 1.165) is 19.4 Å². The number of rotatable bonds is 4. The zero-order valence-electron chi connectivity index (χ0n) is 8.85. The Bertz CT molecular complexity index is 313. The van der Waals surface area contributed by atoms with Crippen LogP contribution in [0.25, 0.3) is 0 Å². The zero-order valence-corrected chi connectivity index (χ0v) is 9.67. The molecule has 0 amide bonds. The number of hydrogen-bond donors (Lipinski definition) is 2. The molecule has 1 aliphatic heterocycles. The fourth-order valence-corrected chi connectivity index (χ4v) is 4.09. The molecule has 0 aromatic rings. The molecule has 1 aliphatic carbocycles. The lowest BCUT2D eigenvalue weighted by molar-refractivity contribution is 0.272. The Hall–Kier alpha value is -0.170. The van der Waals surface area contributed by atoms with E-state index in [1.165, 1.54) is 0 Å². The van der Waals surface area contributed by atoms with Gasteiger partial charge in [-0.15, -0.1) is 0 Å². The number of hydrogen-bond acceptors (Lipinski definition) is 4. The highest BCUT2D eigenvalue weighted by molar-refractivity contribution is 7.89. The van der Waals surface area contributed by atoms with Gasteiger partial charge in [0.05, 0.1) is 5.75 Å². The van der Waals surface area contributed by atoms with E-state index in [-0.39, 0.29) is 6.04 Å². The smallest absolute Gasteiger partial charge is 0.214 e. The van der Waals surface area contributed by atoms with Crippen molar-refractivity contribution in [3.8, 4) is 0 Å². The van der Waals surface area contributed by atoms with Crippen molar-refractivity contribution >= 4 is 10.0 Å². The van der Waals surface area contributed by atoms with Crippen LogP contribution in [-0.4, -0.2) is 50.7 Å². The van der Waals surface area contributed by atoms with Crippen molar-refractivity contribution in [1.82, 2.24) is 9.62 Å². The van der Waals surface area contributed by atoms with Crippen LogP contribution in [0.2, 0.25) is 0 Å². The highest BCUT2D eigenvalue weighted by Crippen LogP contribution is 2.31. The lowest BCUT2D eigenvalue weighted by Crippen LogP contribution is -2.56. The fraction of sp³-hybridized carbons (Fsp3) is 1.00. The van der Waals surface area contributed by atoms with E-state index in [1.807, 2.05) is 0 Å². The summed E-state index contributed by atoms with van der Waals surface area (Å²) in [6.45, 7) is 2.38.